The lowest BCUT2D eigenvalue weighted by molar-refractivity contribution is 1.34. The van der Waals surface area contributed by atoms with Crippen molar-refractivity contribution in [3.05, 3.63) is 65.2 Å². The molecule has 0 saturated heterocycles. The standard InChI is InChI=1S/C14H12ClN/c15-13-8-6-12(7-9-13)10-11-16-14-4-2-1-3-5-14/h1-9,11H,10H2/i4D. The van der Waals surface area contributed by atoms with Gasteiger partial charge in [0.05, 0.1) is 7.06 Å². The van der Waals surface area contributed by atoms with Gasteiger partial charge in [0.2, 0.25) is 0 Å². The molecule has 2 rings (SSSR count). The second-order valence-corrected chi connectivity index (χ2v) is 3.83. The number of aliphatic imine (C=N–C) groups is 1. The number of benzene rings is 2. The number of rotatable bonds is 3. The molecule has 0 N–H and O–H groups in total. The second kappa shape index (κ2) is 5.47. The number of halogens is 1. The van der Waals surface area contributed by atoms with Crippen molar-refractivity contribution in [2.75, 3.05) is 0 Å². The summed E-state index contributed by atoms with van der Waals surface area (Å²) in [4.78, 5) is 4.28. The number of hydrogen-bond donors (Lipinski definition) is 0. The van der Waals surface area contributed by atoms with E-state index in [-0.39, 0.29) is 0 Å². The van der Waals surface area contributed by atoms with Crippen LogP contribution in [-0.4, -0.2) is 6.21 Å². The van der Waals surface area contributed by atoms with Gasteiger partial charge >= 0.3 is 0 Å². The lowest BCUT2D eigenvalue weighted by Gasteiger charge is -1.96. The van der Waals surface area contributed by atoms with Gasteiger partial charge in [0.1, 0.15) is 0 Å². The van der Waals surface area contributed by atoms with Crippen LogP contribution in [0.25, 0.3) is 0 Å². The van der Waals surface area contributed by atoms with Crippen LogP contribution in [0.15, 0.2) is 59.6 Å². The molecule has 1 nitrogen and oxygen atoms in total. The average Bonchev–Trinajstić information content (AvgIpc) is 2.34. The summed E-state index contributed by atoms with van der Waals surface area (Å²) in [7, 11) is 0. The van der Waals surface area contributed by atoms with Crippen LogP contribution in [0.5, 0.6) is 0 Å². The fourth-order valence-corrected chi connectivity index (χ4v) is 1.46. The highest BCUT2D eigenvalue weighted by Gasteiger charge is 1.90. The zero-order valence-electron chi connectivity index (χ0n) is 9.73. The third kappa shape index (κ3) is 3.21. The third-order valence-corrected chi connectivity index (χ3v) is 2.42. The monoisotopic (exact) mass is 230 g/mol. The Kier molecular flexibility index (Phi) is 3.29. The Morgan fingerprint density at radius 3 is 2.69 bits per heavy atom. The van der Waals surface area contributed by atoms with Crippen molar-refractivity contribution in [1.29, 1.82) is 0 Å². The van der Waals surface area contributed by atoms with Crippen molar-refractivity contribution in [2.45, 2.75) is 6.42 Å². The van der Waals surface area contributed by atoms with E-state index in [4.69, 9.17) is 13.0 Å². The highest BCUT2D eigenvalue weighted by molar-refractivity contribution is 6.30. The third-order valence-electron chi connectivity index (χ3n) is 2.16. The second-order valence-electron chi connectivity index (χ2n) is 3.39. The zero-order valence-corrected chi connectivity index (χ0v) is 9.48. The molecule has 2 aromatic rings. The average molecular weight is 231 g/mol. The quantitative estimate of drug-likeness (QED) is 0.698. The Morgan fingerprint density at radius 2 is 1.94 bits per heavy atom. The van der Waals surface area contributed by atoms with Gasteiger partial charge in [-0.25, -0.2) is 0 Å². The zero-order chi connectivity index (χ0) is 12.1. The molecule has 0 amide bonds. The highest BCUT2D eigenvalue weighted by atomic mass is 35.5. The SMILES string of the molecule is [2H]c1ccccc1N=CCc1ccc(Cl)cc1. The maximum atomic E-state index is 7.65. The van der Waals surface area contributed by atoms with E-state index in [2.05, 4.69) is 4.99 Å². The number of nitrogens with zero attached hydrogens (tertiary/aromatic N) is 1. The Balaban J connectivity index is 2.03. The largest absolute Gasteiger partial charge is 0.261 e. The maximum Gasteiger partial charge on any atom is 0.0645 e. The summed E-state index contributed by atoms with van der Waals surface area (Å²) in [5.74, 6) is 0. The fraction of sp³-hybridized carbons (Fsp3) is 0.0714. The molecule has 0 aliphatic rings. The normalized spacial score (nSPS) is 11.7. The fourth-order valence-electron chi connectivity index (χ4n) is 1.33. The first-order valence-electron chi connectivity index (χ1n) is 5.58. The van der Waals surface area contributed by atoms with E-state index in [9.17, 15) is 0 Å². The minimum absolute atomic E-state index is 0.444. The van der Waals surface area contributed by atoms with Gasteiger partial charge in [0.15, 0.2) is 0 Å². The van der Waals surface area contributed by atoms with Gasteiger partial charge in [-0.05, 0) is 29.8 Å². The van der Waals surface area contributed by atoms with E-state index in [0.717, 1.165) is 17.0 Å². The van der Waals surface area contributed by atoms with Crippen molar-refractivity contribution >= 4 is 23.5 Å². The molecule has 0 spiro atoms. The molecule has 0 fully saturated rings. The van der Waals surface area contributed by atoms with Crippen molar-refractivity contribution in [1.82, 2.24) is 0 Å². The van der Waals surface area contributed by atoms with Gasteiger partial charge in [-0.3, -0.25) is 4.99 Å². The Labute approximate surface area is 102 Å². The highest BCUT2D eigenvalue weighted by Crippen LogP contribution is 2.11. The van der Waals surface area contributed by atoms with Crippen LogP contribution in [0.4, 0.5) is 5.69 Å². The minimum Gasteiger partial charge on any atom is -0.261 e. The van der Waals surface area contributed by atoms with Crippen molar-refractivity contribution in [3.63, 3.8) is 0 Å². The summed E-state index contributed by atoms with van der Waals surface area (Å²) >= 11 is 5.80. The summed E-state index contributed by atoms with van der Waals surface area (Å²) in [5, 5.41) is 0.738. The molecule has 80 valence electrons. The summed E-state index contributed by atoms with van der Waals surface area (Å²) in [6.07, 6.45) is 2.56. The van der Waals surface area contributed by atoms with E-state index in [1.165, 1.54) is 0 Å². The summed E-state index contributed by atoms with van der Waals surface area (Å²) < 4.78 is 7.65. The minimum atomic E-state index is 0.444. The number of hydrogen-bond acceptors (Lipinski definition) is 1. The molecule has 0 heterocycles. The summed E-state index contributed by atoms with van der Waals surface area (Å²) in [6, 6.07) is 15.4. The van der Waals surface area contributed by atoms with Gasteiger partial charge in [0.25, 0.3) is 0 Å². The molecule has 0 aliphatic heterocycles. The molecule has 0 aromatic heterocycles. The Bertz CT molecular complexity index is 520. The first-order valence-corrected chi connectivity index (χ1v) is 5.46. The van der Waals surface area contributed by atoms with Crippen molar-refractivity contribution in [3.8, 4) is 0 Å². The molecule has 0 unspecified atom stereocenters. The molecule has 2 aromatic carbocycles. The van der Waals surface area contributed by atoms with E-state index in [1.807, 2.05) is 48.7 Å². The summed E-state index contributed by atoms with van der Waals surface area (Å²) in [6.45, 7) is 0. The topological polar surface area (TPSA) is 12.4 Å². The van der Waals surface area contributed by atoms with Crippen LogP contribution < -0.4 is 0 Å². The number of para-hydroxylation sites is 1. The van der Waals surface area contributed by atoms with Crippen molar-refractivity contribution < 1.29 is 1.37 Å². The van der Waals surface area contributed by atoms with Crippen LogP contribution in [0.1, 0.15) is 6.93 Å². The maximum absolute atomic E-state index is 7.65. The first-order chi connectivity index (χ1) is 8.25. The van der Waals surface area contributed by atoms with Gasteiger partial charge in [-0.1, -0.05) is 41.9 Å². The van der Waals surface area contributed by atoms with E-state index in [0.29, 0.717) is 11.7 Å². The van der Waals surface area contributed by atoms with Crippen LogP contribution in [-0.2, 0) is 6.42 Å². The molecular weight excluding hydrogens is 218 g/mol. The molecule has 0 radical (unpaired) electrons. The van der Waals surface area contributed by atoms with Gasteiger partial charge < -0.3 is 0 Å². The lowest BCUT2D eigenvalue weighted by atomic mass is 10.2. The van der Waals surface area contributed by atoms with Gasteiger partial charge in [-0.15, -0.1) is 0 Å². The van der Waals surface area contributed by atoms with E-state index >= 15 is 0 Å². The van der Waals surface area contributed by atoms with Crippen molar-refractivity contribution in [2.24, 2.45) is 4.99 Å². The van der Waals surface area contributed by atoms with Crippen LogP contribution in [0.2, 0.25) is 5.02 Å². The smallest absolute Gasteiger partial charge is 0.0645 e. The van der Waals surface area contributed by atoms with Gasteiger partial charge in [-0.2, -0.15) is 0 Å². The van der Waals surface area contributed by atoms with Crippen LogP contribution >= 0.6 is 11.6 Å². The van der Waals surface area contributed by atoms with Gasteiger partial charge in [0, 0.05) is 17.7 Å². The Morgan fingerprint density at radius 1 is 1.12 bits per heavy atom. The van der Waals surface area contributed by atoms with Crippen LogP contribution in [0.3, 0.4) is 0 Å². The molecule has 0 aliphatic carbocycles. The molecule has 16 heavy (non-hydrogen) atoms. The predicted molar refractivity (Wildman–Crippen MR) is 69.8 cm³/mol. The van der Waals surface area contributed by atoms with E-state index in [1.54, 1.807) is 6.07 Å². The molecule has 0 saturated carbocycles. The lowest BCUT2D eigenvalue weighted by Crippen LogP contribution is -1.84. The molecule has 0 bridgehead atoms. The first kappa shape index (κ1) is 9.61. The Hall–Kier alpha value is -1.60. The predicted octanol–water partition coefficient (Wildman–Crippen LogP) is 4.29. The van der Waals surface area contributed by atoms with Crippen LogP contribution in [0, 0.1) is 0 Å². The molecular formula is C14H12ClN. The summed E-state index contributed by atoms with van der Waals surface area (Å²) in [5.41, 5.74) is 1.85. The molecule has 0 atom stereocenters. The van der Waals surface area contributed by atoms with E-state index < -0.39 is 0 Å². The molecule has 2 heteroatoms.